The molecule has 8 heteroatoms. The summed E-state index contributed by atoms with van der Waals surface area (Å²) in [5, 5.41) is -0.193. The molecule has 1 aromatic rings. The number of nitrogens with two attached hydrogens (primary N) is 1. The molecule has 1 aliphatic rings. The first-order valence-electron chi connectivity index (χ1n) is 7.22. The van der Waals surface area contributed by atoms with E-state index in [0.29, 0.717) is 39.1 Å². The quantitative estimate of drug-likeness (QED) is 0.796. The van der Waals surface area contributed by atoms with Crippen LogP contribution in [0.3, 0.4) is 0 Å². The number of halogens is 2. The molecular weight excluding hydrogens is 331 g/mol. The Kier molecular flexibility index (Phi) is 6.17. The molecule has 0 unspecified atom stereocenters. The van der Waals surface area contributed by atoms with Gasteiger partial charge in [-0.2, -0.15) is 4.31 Å². The molecular formula is C14H20ClFN2O3S. The lowest BCUT2D eigenvalue weighted by Gasteiger charge is -2.31. The van der Waals surface area contributed by atoms with E-state index in [9.17, 15) is 12.8 Å². The normalized spacial score (nSPS) is 17.8. The average Bonchev–Trinajstić information content (AvgIpc) is 2.50. The summed E-state index contributed by atoms with van der Waals surface area (Å²) in [6.07, 6.45) is 1.99. The Morgan fingerprint density at radius 3 is 2.68 bits per heavy atom. The summed E-state index contributed by atoms with van der Waals surface area (Å²) in [6.45, 7) is 1.77. The van der Waals surface area contributed by atoms with Crippen molar-refractivity contribution in [3.8, 4) is 0 Å². The van der Waals surface area contributed by atoms with E-state index in [4.69, 9.17) is 22.1 Å². The van der Waals surface area contributed by atoms with E-state index in [1.54, 1.807) is 0 Å². The second kappa shape index (κ2) is 7.70. The van der Waals surface area contributed by atoms with Gasteiger partial charge in [0.1, 0.15) is 4.90 Å². The van der Waals surface area contributed by atoms with Gasteiger partial charge in [0.05, 0.1) is 11.1 Å². The minimum Gasteiger partial charge on any atom is -0.378 e. The van der Waals surface area contributed by atoms with E-state index in [1.165, 1.54) is 22.5 Å². The third-order valence-electron chi connectivity index (χ3n) is 3.64. The number of rotatable bonds is 6. The van der Waals surface area contributed by atoms with Crippen molar-refractivity contribution in [2.24, 2.45) is 5.73 Å². The van der Waals surface area contributed by atoms with Gasteiger partial charge >= 0.3 is 0 Å². The topological polar surface area (TPSA) is 72.6 Å². The van der Waals surface area contributed by atoms with E-state index in [1.807, 2.05) is 0 Å². The molecule has 1 fully saturated rings. The average molecular weight is 351 g/mol. The van der Waals surface area contributed by atoms with Gasteiger partial charge in [-0.25, -0.2) is 12.8 Å². The van der Waals surface area contributed by atoms with Crippen molar-refractivity contribution in [2.45, 2.75) is 30.3 Å². The first-order valence-corrected chi connectivity index (χ1v) is 9.04. The number of hydrogen-bond donors (Lipinski definition) is 1. The highest BCUT2D eigenvalue weighted by Crippen LogP contribution is 2.27. The fourth-order valence-corrected chi connectivity index (χ4v) is 4.18. The third-order valence-corrected chi connectivity index (χ3v) is 5.84. The minimum atomic E-state index is -3.87. The Bertz CT molecular complexity index is 604. The van der Waals surface area contributed by atoms with Crippen LogP contribution in [0.1, 0.15) is 19.3 Å². The lowest BCUT2D eigenvalue weighted by Crippen LogP contribution is -2.41. The number of benzene rings is 1. The van der Waals surface area contributed by atoms with Crippen LogP contribution in [0.15, 0.2) is 23.1 Å². The van der Waals surface area contributed by atoms with Crippen molar-refractivity contribution < 1.29 is 17.5 Å². The van der Waals surface area contributed by atoms with E-state index in [0.717, 1.165) is 6.42 Å². The highest BCUT2D eigenvalue weighted by molar-refractivity contribution is 7.89. The monoisotopic (exact) mass is 350 g/mol. The second-order valence-corrected chi connectivity index (χ2v) is 7.48. The van der Waals surface area contributed by atoms with Crippen LogP contribution in [0.5, 0.6) is 0 Å². The molecule has 2 rings (SSSR count). The van der Waals surface area contributed by atoms with Gasteiger partial charge in [-0.3, -0.25) is 0 Å². The van der Waals surface area contributed by atoms with Crippen molar-refractivity contribution in [3.63, 3.8) is 0 Å². The number of sulfonamides is 1. The Balaban J connectivity index is 2.02. The van der Waals surface area contributed by atoms with Gasteiger partial charge in [-0.05, 0) is 37.9 Å². The Morgan fingerprint density at radius 1 is 1.36 bits per heavy atom. The lowest BCUT2D eigenvalue weighted by molar-refractivity contribution is 0.0208. The summed E-state index contributed by atoms with van der Waals surface area (Å²) in [5.41, 5.74) is 5.40. The van der Waals surface area contributed by atoms with Crippen LogP contribution in [0.25, 0.3) is 0 Å². The molecule has 0 amide bonds. The zero-order valence-corrected chi connectivity index (χ0v) is 13.7. The summed E-state index contributed by atoms with van der Waals surface area (Å²) in [4.78, 5) is -0.373. The standard InChI is InChI=1S/C14H20ClFN2O3S/c15-12-3-1-4-13(14(12)16)22(19,20)18-8-5-11(6-9-18)21-10-2-7-17/h1,3-4,11H,2,5-10,17H2. The summed E-state index contributed by atoms with van der Waals surface area (Å²) < 4.78 is 45.9. The van der Waals surface area contributed by atoms with Crippen molar-refractivity contribution in [1.29, 1.82) is 0 Å². The molecule has 124 valence electrons. The molecule has 0 bridgehead atoms. The van der Waals surface area contributed by atoms with Crippen LogP contribution in [0.4, 0.5) is 4.39 Å². The molecule has 1 aliphatic heterocycles. The zero-order valence-electron chi connectivity index (χ0n) is 12.2. The Hall–Kier alpha value is -0.730. The molecule has 1 heterocycles. The van der Waals surface area contributed by atoms with Gasteiger partial charge in [0.15, 0.2) is 5.82 Å². The van der Waals surface area contributed by atoms with Gasteiger partial charge in [0, 0.05) is 19.7 Å². The Labute approximate surface area is 135 Å². The fourth-order valence-electron chi connectivity index (χ4n) is 2.39. The largest absolute Gasteiger partial charge is 0.378 e. The van der Waals surface area contributed by atoms with Gasteiger partial charge in [0.2, 0.25) is 10.0 Å². The number of hydrogen-bond acceptors (Lipinski definition) is 4. The molecule has 1 saturated heterocycles. The molecule has 0 aliphatic carbocycles. The lowest BCUT2D eigenvalue weighted by atomic mass is 10.1. The molecule has 0 spiro atoms. The van der Waals surface area contributed by atoms with Gasteiger partial charge in [0.25, 0.3) is 0 Å². The molecule has 0 aromatic heterocycles. The SMILES string of the molecule is NCCCOC1CCN(S(=O)(=O)c2cccc(Cl)c2F)CC1. The second-order valence-electron chi connectivity index (χ2n) is 5.17. The van der Waals surface area contributed by atoms with Crippen LogP contribution in [-0.2, 0) is 14.8 Å². The predicted octanol–water partition coefficient (Wildman–Crippen LogP) is 2.00. The Morgan fingerprint density at radius 2 is 2.05 bits per heavy atom. The van der Waals surface area contributed by atoms with E-state index >= 15 is 0 Å². The summed E-state index contributed by atoms with van der Waals surface area (Å²) in [6, 6.07) is 3.99. The zero-order chi connectivity index (χ0) is 16.2. The van der Waals surface area contributed by atoms with Crippen LogP contribution < -0.4 is 5.73 Å². The van der Waals surface area contributed by atoms with Crippen molar-refractivity contribution in [2.75, 3.05) is 26.2 Å². The minimum absolute atomic E-state index is 0.0298. The molecule has 22 heavy (non-hydrogen) atoms. The molecule has 1 aromatic carbocycles. The highest BCUT2D eigenvalue weighted by atomic mass is 35.5. The van der Waals surface area contributed by atoms with Gasteiger partial charge < -0.3 is 10.5 Å². The highest BCUT2D eigenvalue weighted by Gasteiger charge is 2.32. The van der Waals surface area contributed by atoms with Crippen LogP contribution in [-0.4, -0.2) is 45.1 Å². The van der Waals surface area contributed by atoms with E-state index < -0.39 is 15.8 Å². The van der Waals surface area contributed by atoms with Crippen molar-refractivity contribution >= 4 is 21.6 Å². The maximum Gasteiger partial charge on any atom is 0.246 e. The predicted molar refractivity (Wildman–Crippen MR) is 82.8 cm³/mol. The van der Waals surface area contributed by atoms with Crippen molar-refractivity contribution in [1.82, 2.24) is 4.31 Å². The van der Waals surface area contributed by atoms with Crippen LogP contribution in [0, 0.1) is 5.82 Å². The molecule has 2 N–H and O–H groups in total. The van der Waals surface area contributed by atoms with Gasteiger partial charge in [-0.1, -0.05) is 17.7 Å². The van der Waals surface area contributed by atoms with E-state index in [-0.39, 0.29) is 16.0 Å². The first kappa shape index (κ1) is 17.6. The van der Waals surface area contributed by atoms with Gasteiger partial charge in [-0.15, -0.1) is 0 Å². The number of nitrogens with zero attached hydrogens (tertiary/aromatic N) is 1. The fraction of sp³-hybridized carbons (Fsp3) is 0.571. The van der Waals surface area contributed by atoms with Crippen molar-refractivity contribution in [3.05, 3.63) is 29.0 Å². The maximum absolute atomic E-state index is 14.0. The third kappa shape index (κ3) is 3.97. The molecule has 0 atom stereocenters. The van der Waals surface area contributed by atoms with Crippen LogP contribution >= 0.6 is 11.6 Å². The number of piperidine rings is 1. The van der Waals surface area contributed by atoms with E-state index in [2.05, 4.69) is 0 Å². The summed E-state index contributed by atoms with van der Waals surface area (Å²) >= 11 is 5.66. The molecule has 0 saturated carbocycles. The summed E-state index contributed by atoms with van der Waals surface area (Å²) in [7, 11) is -3.87. The first-order chi connectivity index (χ1) is 10.5. The van der Waals surface area contributed by atoms with Crippen LogP contribution in [0.2, 0.25) is 5.02 Å². The molecule has 5 nitrogen and oxygen atoms in total. The molecule has 0 radical (unpaired) electrons. The summed E-state index contributed by atoms with van der Waals surface area (Å²) in [5.74, 6) is -0.898. The number of ether oxygens (including phenoxy) is 1. The maximum atomic E-state index is 14.0. The smallest absolute Gasteiger partial charge is 0.246 e.